The number of piperazine rings is 1. The van der Waals surface area contributed by atoms with E-state index in [1.807, 2.05) is 18.2 Å². The van der Waals surface area contributed by atoms with E-state index in [0.717, 1.165) is 83.2 Å². The number of carbonyl (C=O) groups excluding carboxylic acids is 1. The van der Waals surface area contributed by atoms with E-state index >= 15 is 0 Å². The Morgan fingerprint density at radius 1 is 0.962 bits per heavy atom. The number of morpholine rings is 1. The van der Waals surface area contributed by atoms with Crippen LogP contribution < -0.4 is 4.90 Å². The van der Waals surface area contributed by atoms with Gasteiger partial charge >= 0.3 is 0 Å². The van der Waals surface area contributed by atoms with Crippen LogP contribution in [0.1, 0.15) is 23.2 Å². The fourth-order valence-electron chi connectivity index (χ4n) is 4.43. The minimum atomic E-state index is 0.0695. The molecule has 3 aliphatic rings. The van der Waals surface area contributed by atoms with Crippen molar-refractivity contribution in [1.29, 1.82) is 0 Å². The zero-order chi connectivity index (χ0) is 18.0. The molecule has 0 aliphatic carbocycles. The second-order valence-corrected chi connectivity index (χ2v) is 7.60. The molecule has 0 N–H and O–H groups in total. The first-order chi connectivity index (χ1) is 12.7. The van der Waals surface area contributed by atoms with E-state index in [2.05, 4.69) is 27.8 Å². The van der Waals surface area contributed by atoms with Crippen molar-refractivity contribution in [2.45, 2.75) is 18.4 Å². The molecule has 0 saturated carbocycles. The van der Waals surface area contributed by atoms with Gasteiger partial charge in [-0.05, 0) is 32.0 Å². The van der Waals surface area contributed by atoms with Gasteiger partial charge in [-0.1, -0.05) is 12.1 Å². The van der Waals surface area contributed by atoms with Gasteiger partial charge < -0.3 is 19.3 Å². The Balaban J connectivity index is 1.56. The third-order valence-corrected chi connectivity index (χ3v) is 6.20. The molecular weight excluding hydrogens is 330 g/mol. The van der Waals surface area contributed by atoms with E-state index in [1.165, 1.54) is 0 Å². The monoisotopic (exact) mass is 359 g/mol. The molecule has 6 nitrogen and oxygen atoms in total. The summed E-state index contributed by atoms with van der Waals surface area (Å²) < 4.78 is 11.0. The van der Waals surface area contributed by atoms with E-state index in [9.17, 15) is 4.79 Å². The molecule has 0 aromatic heterocycles. The summed E-state index contributed by atoms with van der Waals surface area (Å²) in [5.41, 5.74) is 1.93. The summed E-state index contributed by atoms with van der Waals surface area (Å²) in [5, 5.41) is 0. The van der Waals surface area contributed by atoms with Crippen LogP contribution in [0.4, 0.5) is 5.69 Å². The van der Waals surface area contributed by atoms with Gasteiger partial charge in [0, 0.05) is 57.2 Å². The fraction of sp³-hybridized carbons (Fsp3) is 0.650. The predicted molar refractivity (Wildman–Crippen MR) is 101 cm³/mol. The number of ether oxygens (including phenoxy) is 2. The molecule has 0 radical (unpaired) electrons. The average Bonchev–Trinajstić information content (AvgIpc) is 2.71. The molecule has 1 aromatic rings. The van der Waals surface area contributed by atoms with Crippen molar-refractivity contribution in [1.82, 2.24) is 9.80 Å². The zero-order valence-electron chi connectivity index (χ0n) is 15.7. The maximum atomic E-state index is 13.4. The number of hydrogen-bond donors (Lipinski definition) is 0. The zero-order valence-corrected chi connectivity index (χ0v) is 15.7. The molecule has 3 saturated heterocycles. The molecule has 3 heterocycles. The Morgan fingerprint density at radius 2 is 1.65 bits per heavy atom. The van der Waals surface area contributed by atoms with Crippen LogP contribution in [0.3, 0.4) is 0 Å². The van der Waals surface area contributed by atoms with Gasteiger partial charge in [0.15, 0.2) is 0 Å². The van der Waals surface area contributed by atoms with Crippen molar-refractivity contribution in [3.63, 3.8) is 0 Å². The summed E-state index contributed by atoms with van der Waals surface area (Å²) in [6.07, 6.45) is 2.00. The van der Waals surface area contributed by atoms with Crippen LogP contribution in [0.2, 0.25) is 0 Å². The topological polar surface area (TPSA) is 45.2 Å². The molecule has 26 heavy (non-hydrogen) atoms. The van der Waals surface area contributed by atoms with Crippen LogP contribution >= 0.6 is 0 Å². The highest BCUT2D eigenvalue weighted by molar-refractivity contribution is 6.00. The average molecular weight is 359 g/mol. The standard InChI is InChI=1S/C20H29N3O3/c1-21-8-9-23(16-20(21)6-12-25-13-7-20)19(24)17-4-2-3-5-18(17)22-10-14-26-15-11-22/h2-5H,6-16H2,1H3. The Bertz CT molecular complexity index is 639. The SMILES string of the molecule is CN1CCN(C(=O)c2ccccc2N2CCOCC2)CC12CCOCC2. The maximum Gasteiger partial charge on any atom is 0.256 e. The molecule has 0 atom stereocenters. The van der Waals surface area contributed by atoms with Crippen LogP contribution in [0.5, 0.6) is 0 Å². The summed E-state index contributed by atoms with van der Waals surface area (Å²) in [4.78, 5) is 20.2. The molecule has 1 amide bonds. The summed E-state index contributed by atoms with van der Waals surface area (Å²) in [6, 6.07) is 8.03. The number of benzene rings is 1. The van der Waals surface area contributed by atoms with Crippen molar-refractivity contribution >= 4 is 11.6 Å². The lowest BCUT2D eigenvalue weighted by atomic mass is 9.85. The minimum absolute atomic E-state index is 0.0695. The molecule has 3 aliphatic heterocycles. The van der Waals surface area contributed by atoms with Gasteiger partial charge in [-0.15, -0.1) is 0 Å². The first-order valence-corrected chi connectivity index (χ1v) is 9.70. The number of anilines is 1. The van der Waals surface area contributed by atoms with Crippen LogP contribution in [-0.4, -0.2) is 87.4 Å². The molecule has 3 fully saturated rings. The number of likely N-dealkylation sites (N-methyl/N-ethyl adjacent to an activating group) is 1. The number of hydrogen-bond acceptors (Lipinski definition) is 5. The van der Waals surface area contributed by atoms with E-state index in [1.54, 1.807) is 0 Å². The Labute approximate surface area is 155 Å². The lowest BCUT2D eigenvalue weighted by Crippen LogP contribution is -2.63. The van der Waals surface area contributed by atoms with E-state index in [0.29, 0.717) is 0 Å². The van der Waals surface area contributed by atoms with Crippen LogP contribution in [0.15, 0.2) is 24.3 Å². The van der Waals surface area contributed by atoms with Crippen molar-refractivity contribution in [2.24, 2.45) is 0 Å². The summed E-state index contributed by atoms with van der Waals surface area (Å²) >= 11 is 0. The van der Waals surface area contributed by atoms with Gasteiger partial charge in [0.05, 0.1) is 18.8 Å². The van der Waals surface area contributed by atoms with Crippen LogP contribution in [0, 0.1) is 0 Å². The van der Waals surface area contributed by atoms with Crippen molar-refractivity contribution in [2.75, 3.05) is 71.1 Å². The maximum absolute atomic E-state index is 13.4. The van der Waals surface area contributed by atoms with Crippen LogP contribution in [0.25, 0.3) is 0 Å². The second-order valence-electron chi connectivity index (χ2n) is 7.60. The Kier molecular flexibility index (Phi) is 5.16. The smallest absolute Gasteiger partial charge is 0.256 e. The number of amides is 1. The summed E-state index contributed by atoms with van der Waals surface area (Å²) in [5.74, 6) is 0.158. The van der Waals surface area contributed by atoms with Crippen molar-refractivity contribution < 1.29 is 14.3 Å². The second kappa shape index (κ2) is 7.55. The van der Waals surface area contributed by atoms with Gasteiger partial charge in [-0.2, -0.15) is 0 Å². The molecule has 0 bridgehead atoms. The first-order valence-electron chi connectivity index (χ1n) is 9.70. The third-order valence-electron chi connectivity index (χ3n) is 6.20. The normalized spacial score (nSPS) is 24.0. The van der Waals surface area contributed by atoms with Crippen molar-refractivity contribution in [3.8, 4) is 0 Å². The molecular formula is C20H29N3O3. The summed E-state index contributed by atoms with van der Waals surface area (Å²) in [7, 11) is 2.19. The molecule has 142 valence electrons. The summed E-state index contributed by atoms with van der Waals surface area (Å²) in [6.45, 7) is 7.21. The molecule has 0 unspecified atom stereocenters. The number of carbonyl (C=O) groups is 1. The quantitative estimate of drug-likeness (QED) is 0.800. The third kappa shape index (κ3) is 3.33. The fourth-order valence-corrected chi connectivity index (χ4v) is 4.43. The van der Waals surface area contributed by atoms with Crippen LogP contribution in [-0.2, 0) is 9.47 Å². The highest BCUT2D eigenvalue weighted by Gasteiger charge is 2.42. The van der Waals surface area contributed by atoms with E-state index < -0.39 is 0 Å². The molecule has 4 rings (SSSR count). The highest BCUT2D eigenvalue weighted by atomic mass is 16.5. The molecule has 1 aromatic carbocycles. The van der Waals surface area contributed by atoms with E-state index in [-0.39, 0.29) is 11.4 Å². The van der Waals surface area contributed by atoms with Gasteiger partial charge in [0.25, 0.3) is 5.91 Å². The van der Waals surface area contributed by atoms with Crippen molar-refractivity contribution in [3.05, 3.63) is 29.8 Å². The lowest BCUT2D eigenvalue weighted by Gasteiger charge is -2.51. The Morgan fingerprint density at radius 3 is 2.42 bits per heavy atom. The Hall–Kier alpha value is -1.63. The first kappa shape index (κ1) is 17.8. The number of para-hydroxylation sites is 1. The molecule has 6 heteroatoms. The van der Waals surface area contributed by atoms with Gasteiger partial charge in [-0.25, -0.2) is 0 Å². The van der Waals surface area contributed by atoms with E-state index in [4.69, 9.17) is 9.47 Å². The minimum Gasteiger partial charge on any atom is -0.381 e. The van der Waals surface area contributed by atoms with Gasteiger partial charge in [-0.3, -0.25) is 9.69 Å². The van der Waals surface area contributed by atoms with Gasteiger partial charge in [0.2, 0.25) is 0 Å². The highest BCUT2D eigenvalue weighted by Crippen LogP contribution is 2.32. The van der Waals surface area contributed by atoms with Gasteiger partial charge in [0.1, 0.15) is 0 Å². The lowest BCUT2D eigenvalue weighted by molar-refractivity contribution is -0.0543. The molecule has 1 spiro atoms. The number of nitrogens with zero attached hydrogens (tertiary/aromatic N) is 3. The predicted octanol–water partition coefficient (Wildman–Crippen LogP) is 1.46. The largest absolute Gasteiger partial charge is 0.381 e. The number of rotatable bonds is 2.